The summed E-state index contributed by atoms with van der Waals surface area (Å²) in [5, 5.41) is 0.739. The first-order valence-corrected chi connectivity index (χ1v) is 13.2. The fourth-order valence-electron chi connectivity index (χ4n) is 4.27. The zero-order chi connectivity index (χ0) is 26.5. The smallest absolute Gasteiger partial charge is 0.163 e. The van der Waals surface area contributed by atoms with Gasteiger partial charge in [-0.25, -0.2) is 19.3 Å². The van der Waals surface area contributed by atoms with E-state index in [2.05, 4.69) is 14.6 Å². The van der Waals surface area contributed by atoms with Crippen molar-refractivity contribution < 1.29 is 18.3 Å². The number of anilines is 3. The molecule has 1 aliphatic rings. The molecule has 0 atom stereocenters. The Morgan fingerprint density at radius 2 is 1.97 bits per heavy atom. The Bertz CT molecular complexity index is 1420. The minimum atomic E-state index is -0.405. The van der Waals surface area contributed by atoms with Crippen LogP contribution in [0.25, 0.3) is 33.4 Å². The van der Waals surface area contributed by atoms with Gasteiger partial charge in [0.2, 0.25) is 0 Å². The second-order valence-corrected chi connectivity index (χ2v) is 9.58. The number of benzene rings is 2. The molecule has 1 fully saturated rings. The lowest BCUT2D eigenvalue weighted by Crippen LogP contribution is -2.37. The molecule has 5 rings (SSSR count). The number of nitrogens with two attached hydrogens (primary N) is 1. The Balaban J connectivity index is 1.64. The van der Waals surface area contributed by atoms with E-state index < -0.39 is 12.5 Å². The molecule has 2 aromatic heterocycles. The summed E-state index contributed by atoms with van der Waals surface area (Å²) in [7, 11) is 1.56. The standard InChI is InChI=1S/C27H28F2N6O2S/c1-36-22-15-18(19-4-2-5-21(24(19)29)34-38-13-3-8-28)14-20-25(22)32-26(17-6-7-23(30)31-16-17)33-27(20)35-9-11-37-12-10-35/h2,4-7,14-16,34H,3,8-13H2,1H3,(H2,30,31). The molecule has 1 saturated heterocycles. The quantitative estimate of drug-likeness (QED) is 0.216. The average Bonchev–Trinajstić information content (AvgIpc) is 2.96. The monoisotopic (exact) mass is 538 g/mol. The molecule has 0 aliphatic carbocycles. The lowest BCUT2D eigenvalue weighted by atomic mass is 10.0. The predicted octanol–water partition coefficient (Wildman–Crippen LogP) is 5.35. The number of hydrogen-bond acceptors (Lipinski definition) is 9. The first kappa shape index (κ1) is 25.9. The van der Waals surface area contributed by atoms with Crippen molar-refractivity contribution in [2.45, 2.75) is 6.42 Å². The van der Waals surface area contributed by atoms with Crippen LogP contribution >= 0.6 is 11.9 Å². The first-order valence-electron chi connectivity index (χ1n) is 12.3. The van der Waals surface area contributed by atoms with E-state index in [1.54, 1.807) is 43.6 Å². The number of nitrogens with one attached hydrogen (secondary N) is 1. The third kappa shape index (κ3) is 5.44. The summed E-state index contributed by atoms with van der Waals surface area (Å²) < 4.78 is 42.4. The maximum absolute atomic E-state index is 15.6. The number of methoxy groups -OCH3 is 1. The molecule has 0 unspecified atom stereocenters. The number of halogens is 2. The van der Waals surface area contributed by atoms with Gasteiger partial charge in [-0.2, -0.15) is 0 Å². The Morgan fingerprint density at radius 3 is 2.71 bits per heavy atom. The van der Waals surface area contributed by atoms with Crippen LogP contribution in [0.1, 0.15) is 6.42 Å². The number of pyridine rings is 1. The predicted molar refractivity (Wildman–Crippen MR) is 149 cm³/mol. The molecule has 4 aromatic rings. The molecule has 1 aliphatic heterocycles. The Kier molecular flexibility index (Phi) is 8.04. The Hall–Kier alpha value is -3.70. The van der Waals surface area contributed by atoms with Gasteiger partial charge in [-0.15, -0.1) is 0 Å². The van der Waals surface area contributed by atoms with E-state index >= 15 is 4.39 Å². The van der Waals surface area contributed by atoms with Gasteiger partial charge in [0, 0.05) is 41.6 Å². The summed E-state index contributed by atoms with van der Waals surface area (Å²) in [5.74, 6) is 2.23. The highest BCUT2D eigenvalue weighted by Crippen LogP contribution is 2.39. The molecule has 0 amide bonds. The van der Waals surface area contributed by atoms with Gasteiger partial charge in [0.1, 0.15) is 22.9 Å². The topological polar surface area (TPSA) is 98.4 Å². The highest BCUT2D eigenvalue weighted by atomic mass is 32.2. The van der Waals surface area contributed by atoms with Crippen LogP contribution in [0.3, 0.4) is 0 Å². The van der Waals surface area contributed by atoms with Crippen molar-refractivity contribution in [1.82, 2.24) is 15.0 Å². The van der Waals surface area contributed by atoms with Crippen molar-refractivity contribution >= 4 is 40.2 Å². The number of morpholine rings is 1. The van der Waals surface area contributed by atoms with Crippen LogP contribution in [0.5, 0.6) is 5.75 Å². The number of nitrogen functional groups attached to an aromatic ring is 1. The Morgan fingerprint density at radius 1 is 1.13 bits per heavy atom. The van der Waals surface area contributed by atoms with E-state index in [1.165, 1.54) is 11.9 Å². The summed E-state index contributed by atoms with van der Waals surface area (Å²) in [6.07, 6.45) is 2.04. The minimum Gasteiger partial charge on any atom is -0.494 e. The second kappa shape index (κ2) is 11.8. The fourth-order valence-corrected chi connectivity index (χ4v) is 4.94. The van der Waals surface area contributed by atoms with E-state index in [0.717, 1.165) is 10.9 Å². The molecule has 2 aromatic carbocycles. The summed E-state index contributed by atoms with van der Waals surface area (Å²) in [6.45, 7) is 2.05. The SMILES string of the molecule is COc1cc(-c2cccc(NSCCCF)c2F)cc2c(N3CCOCC3)nc(-c3ccc(N)nc3)nc12. The van der Waals surface area contributed by atoms with Crippen molar-refractivity contribution in [3.05, 3.63) is 54.5 Å². The number of aromatic nitrogens is 3. The molecule has 0 saturated carbocycles. The molecule has 0 bridgehead atoms. The summed E-state index contributed by atoms with van der Waals surface area (Å²) in [4.78, 5) is 16.1. The number of alkyl halides is 1. The number of nitrogens with zero attached hydrogens (tertiary/aromatic N) is 4. The van der Waals surface area contributed by atoms with Crippen molar-refractivity contribution in [2.75, 3.05) is 61.2 Å². The van der Waals surface area contributed by atoms with Crippen LogP contribution in [-0.4, -0.2) is 60.8 Å². The van der Waals surface area contributed by atoms with E-state index in [9.17, 15) is 4.39 Å². The van der Waals surface area contributed by atoms with E-state index in [-0.39, 0.29) is 0 Å². The largest absolute Gasteiger partial charge is 0.494 e. The molecular weight excluding hydrogens is 510 g/mol. The van der Waals surface area contributed by atoms with Crippen molar-refractivity contribution in [2.24, 2.45) is 0 Å². The lowest BCUT2D eigenvalue weighted by molar-refractivity contribution is 0.122. The molecule has 8 nitrogen and oxygen atoms in total. The number of fused-ring (bicyclic) bond motifs is 1. The maximum Gasteiger partial charge on any atom is 0.163 e. The zero-order valence-electron chi connectivity index (χ0n) is 20.9. The average molecular weight is 539 g/mol. The third-order valence-corrected chi connectivity index (χ3v) is 7.05. The van der Waals surface area contributed by atoms with Gasteiger partial charge < -0.3 is 24.8 Å². The van der Waals surface area contributed by atoms with Gasteiger partial charge in [0.25, 0.3) is 0 Å². The number of rotatable bonds is 9. The lowest BCUT2D eigenvalue weighted by Gasteiger charge is -2.29. The Labute approximate surface area is 223 Å². The molecule has 0 spiro atoms. The highest BCUT2D eigenvalue weighted by molar-refractivity contribution is 8.00. The van der Waals surface area contributed by atoms with Gasteiger partial charge in [-0.05, 0) is 42.3 Å². The number of ether oxygens (including phenoxy) is 2. The molecule has 11 heteroatoms. The molecule has 38 heavy (non-hydrogen) atoms. The molecule has 0 radical (unpaired) electrons. The molecule has 198 valence electrons. The fraction of sp³-hybridized carbons (Fsp3) is 0.296. The van der Waals surface area contributed by atoms with Crippen LogP contribution in [0.2, 0.25) is 0 Å². The van der Waals surface area contributed by atoms with Crippen LogP contribution in [0.15, 0.2) is 48.7 Å². The minimum absolute atomic E-state index is 0.335. The second-order valence-electron chi connectivity index (χ2n) is 8.68. The van der Waals surface area contributed by atoms with Gasteiger partial charge >= 0.3 is 0 Å². The van der Waals surface area contributed by atoms with E-state index in [0.29, 0.717) is 84.0 Å². The van der Waals surface area contributed by atoms with Crippen molar-refractivity contribution in [3.63, 3.8) is 0 Å². The van der Waals surface area contributed by atoms with Crippen LogP contribution < -0.4 is 20.1 Å². The number of hydrogen-bond donors (Lipinski definition) is 2. The molecule has 3 heterocycles. The van der Waals surface area contributed by atoms with Gasteiger partial charge in [-0.3, -0.25) is 4.39 Å². The first-order chi connectivity index (χ1) is 18.6. The van der Waals surface area contributed by atoms with E-state index in [4.69, 9.17) is 25.2 Å². The highest BCUT2D eigenvalue weighted by Gasteiger charge is 2.22. The van der Waals surface area contributed by atoms with Gasteiger partial charge in [0.15, 0.2) is 11.6 Å². The summed E-state index contributed by atoms with van der Waals surface area (Å²) >= 11 is 1.27. The third-order valence-electron chi connectivity index (χ3n) is 6.19. The van der Waals surface area contributed by atoms with Crippen LogP contribution in [-0.2, 0) is 4.74 Å². The maximum atomic E-state index is 15.6. The zero-order valence-corrected chi connectivity index (χ0v) is 21.7. The van der Waals surface area contributed by atoms with Gasteiger partial charge in [0.05, 0.1) is 32.7 Å². The van der Waals surface area contributed by atoms with Gasteiger partial charge in [-0.1, -0.05) is 24.1 Å². The van der Waals surface area contributed by atoms with Crippen molar-refractivity contribution in [1.29, 1.82) is 0 Å². The normalized spacial score (nSPS) is 13.6. The molecular formula is C27H28F2N6O2S. The van der Waals surface area contributed by atoms with Crippen LogP contribution in [0, 0.1) is 5.82 Å². The van der Waals surface area contributed by atoms with Crippen LogP contribution in [0.4, 0.5) is 26.1 Å². The van der Waals surface area contributed by atoms with Crippen molar-refractivity contribution in [3.8, 4) is 28.3 Å². The summed E-state index contributed by atoms with van der Waals surface area (Å²) in [5.41, 5.74) is 8.47. The summed E-state index contributed by atoms with van der Waals surface area (Å²) in [6, 6.07) is 12.4. The van der Waals surface area contributed by atoms with E-state index in [1.807, 2.05) is 12.1 Å². The molecule has 3 N–H and O–H groups in total.